The average molecular weight is 555 g/mol. The summed E-state index contributed by atoms with van der Waals surface area (Å²) in [7, 11) is 0. The molecule has 3 aromatic rings. The van der Waals surface area contributed by atoms with Gasteiger partial charge in [-0.15, -0.1) is 0 Å². The van der Waals surface area contributed by atoms with Gasteiger partial charge in [-0.05, 0) is 55.5 Å². The monoisotopic (exact) mass is 554 g/mol. The number of allylic oxidation sites excluding steroid dienone is 1. The van der Waals surface area contributed by atoms with Crippen molar-refractivity contribution in [1.29, 1.82) is 0 Å². The van der Waals surface area contributed by atoms with Gasteiger partial charge in [-0.1, -0.05) is 84.9 Å². The molecule has 41 heavy (non-hydrogen) atoms. The third-order valence-electron chi connectivity index (χ3n) is 6.73. The molecule has 4 N–H and O–H groups in total. The van der Waals surface area contributed by atoms with Crippen LogP contribution in [0.2, 0.25) is 0 Å². The van der Waals surface area contributed by atoms with Crippen LogP contribution in [0.1, 0.15) is 37.0 Å². The Morgan fingerprint density at radius 1 is 0.976 bits per heavy atom. The van der Waals surface area contributed by atoms with E-state index in [1.54, 1.807) is 26.0 Å². The highest BCUT2D eigenvalue weighted by molar-refractivity contribution is 6.27. The standard InChI is InChI=1S/C33H34N2O6/c1-33(2,41-32(34)39)20-25(19-23-13-16-26(17-14-23)40-21-24-11-7-4-8-12-24)29(36)28-30(37)27(35-31(28)38)18-15-22-9-5-3-6-10-22/h3-18,25,27,36H,19-21H2,1-2H3,(H2,34,39)(H,35,38). The van der Waals surface area contributed by atoms with Gasteiger partial charge in [0.05, 0.1) is 0 Å². The van der Waals surface area contributed by atoms with Gasteiger partial charge in [0.25, 0.3) is 5.91 Å². The van der Waals surface area contributed by atoms with Gasteiger partial charge >= 0.3 is 6.09 Å². The van der Waals surface area contributed by atoms with Crippen LogP contribution in [0.25, 0.3) is 6.08 Å². The lowest BCUT2D eigenvalue weighted by Gasteiger charge is -2.29. The Morgan fingerprint density at radius 2 is 1.61 bits per heavy atom. The van der Waals surface area contributed by atoms with E-state index in [1.807, 2.05) is 84.9 Å². The van der Waals surface area contributed by atoms with Crippen molar-refractivity contribution in [3.05, 3.63) is 119 Å². The second-order valence-corrected chi connectivity index (χ2v) is 10.5. The lowest BCUT2D eigenvalue weighted by molar-refractivity contribution is -0.117. The number of Topliss-reactive ketones (excluding diaryl/α,β-unsaturated/α-hetero) is 1. The van der Waals surface area contributed by atoms with Gasteiger partial charge in [0.1, 0.15) is 35.3 Å². The number of hydrogen-bond donors (Lipinski definition) is 3. The highest BCUT2D eigenvalue weighted by Crippen LogP contribution is 2.32. The van der Waals surface area contributed by atoms with E-state index in [0.29, 0.717) is 12.4 Å². The molecule has 1 fully saturated rings. The van der Waals surface area contributed by atoms with Crippen molar-refractivity contribution in [2.75, 3.05) is 0 Å². The molecular weight excluding hydrogens is 520 g/mol. The summed E-state index contributed by atoms with van der Waals surface area (Å²) in [4.78, 5) is 37.6. The summed E-state index contributed by atoms with van der Waals surface area (Å²) in [6.07, 6.45) is 2.76. The molecule has 4 rings (SSSR count). The molecule has 1 saturated heterocycles. The van der Waals surface area contributed by atoms with Gasteiger partial charge in [0.15, 0.2) is 5.78 Å². The molecule has 0 radical (unpaired) electrons. The highest BCUT2D eigenvalue weighted by atomic mass is 16.6. The van der Waals surface area contributed by atoms with E-state index in [2.05, 4.69) is 5.32 Å². The summed E-state index contributed by atoms with van der Waals surface area (Å²) in [6, 6.07) is 25.6. The second kappa shape index (κ2) is 13.0. The van der Waals surface area contributed by atoms with E-state index < -0.39 is 35.3 Å². The number of hydrogen-bond acceptors (Lipinski definition) is 6. The van der Waals surface area contributed by atoms with Crippen LogP contribution in [-0.2, 0) is 27.4 Å². The topological polar surface area (TPSA) is 128 Å². The van der Waals surface area contributed by atoms with Gasteiger partial charge in [-0.25, -0.2) is 4.79 Å². The first-order valence-corrected chi connectivity index (χ1v) is 13.4. The molecule has 8 heteroatoms. The van der Waals surface area contributed by atoms with Crippen molar-refractivity contribution in [2.24, 2.45) is 11.7 Å². The predicted molar refractivity (Wildman–Crippen MR) is 156 cm³/mol. The number of primary amides is 1. The molecule has 0 bridgehead atoms. The Kier molecular flexibility index (Phi) is 9.24. The van der Waals surface area contributed by atoms with Crippen LogP contribution in [0.4, 0.5) is 4.79 Å². The maximum atomic E-state index is 13.2. The van der Waals surface area contributed by atoms with Gasteiger partial charge in [0.2, 0.25) is 0 Å². The smallest absolute Gasteiger partial charge is 0.405 e. The molecule has 1 heterocycles. The van der Waals surface area contributed by atoms with Gasteiger partial charge in [-0.2, -0.15) is 0 Å². The molecule has 0 saturated carbocycles. The summed E-state index contributed by atoms with van der Waals surface area (Å²) in [5.41, 5.74) is 6.63. The number of carbonyl (C=O) groups is 3. The highest BCUT2D eigenvalue weighted by Gasteiger charge is 2.40. The number of ether oxygens (including phenoxy) is 2. The number of ketones is 1. The van der Waals surface area contributed by atoms with Crippen molar-refractivity contribution >= 4 is 23.9 Å². The molecule has 1 aliphatic rings. The Bertz CT molecular complexity index is 1430. The van der Waals surface area contributed by atoms with Crippen LogP contribution in [-0.4, -0.2) is 34.5 Å². The molecule has 212 valence electrons. The first kappa shape index (κ1) is 29.1. The molecule has 2 atom stereocenters. The Balaban J connectivity index is 1.55. The fourth-order valence-electron chi connectivity index (χ4n) is 4.82. The molecule has 2 amide bonds. The van der Waals surface area contributed by atoms with Gasteiger partial charge in [0, 0.05) is 5.92 Å². The Hall–Kier alpha value is -4.85. The number of carbonyl (C=O) groups excluding carboxylic acids is 3. The molecule has 2 unspecified atom stereocenters. The quantitative estimate of drug-likeness (QED) is 0.168. The number of nitrogens with two attached hydrogens (primary N) is 1. The van der Waals surface area contributed by atoms with Crippen LogP contribution >= 0.6 is 0 Å². The van der Waals surface area contributed by atoms with Crippen LogP contribution < -0.4 is 15.8 Å². The number of benzene rings is 3. The number of aliphatic hydroxyl groups is 1. The average Bonchev–Trinajstić information content (AvgIpc) is 3.23. The fraction of sp³-hybridized carbons (Fsp3) is 0.242. The van der Waals surface area contributed by atoms with Crippen molar-refractivity contribution in [3.63, 3.8) is 0 Å². The molecule has 1 aliphatic heterocycles. The van der Waals surface area contributed by atoms with Crippen molar-refractivity contribution in [2.45, 2.75) is 44.9 Å². The first-order valence-electron chi connectivity index (χ1n) is 13.4. The summed E-state index contributed by atoms with van der Waals surface area (Å²) < 4.78 is 11.1. The van der Waals surface area contributed by atoms with Crippen LogP contribution in [0, 0.1) is 5.92 Å². The van der Waals surface area contributed by atoms with E-state index in [1.165, 1.54) is 0 Å². The predicted octanol–water partition coefficient (Wildman–Crippen LogP) is 5.28. The van der Waals surface area contributed by atoms with E-state index in [-0.39, 0.29) is 24.2 Å². The zero-order valence-corrected chi connectivity index (χ0v) is 23.1. The minimum absolute atomic E-state index is 0.114. The SMILES string of the molecule is CC(C)(CC(Cc1ccc(OCc2ccccc2)cc1)C(O)=C1C(=O)NC(C=Cc2ccccc2)C1=O)OC(N)=O. The molecule has 3 aromatic carbocycles. The lowest BCUT2D eigenvalue weighted by Crippen LogP contribution is -2.34. The van der Waals surface area contributed by atoms with Crippen molar-refractivity contribution in [3.8, 4) is 5.75 Å². The fourth-order valence-corrected chi connectivity index (χ4v) is 4.82. The largest absolute Gasteiger partial charge is 0.511 e. The first-order chi connectivity index (χ1) is 19.6. The summed E-state index contributed by atoms with van der Waals surface area (Å²) in [5, 5.41) is 14.0. The second-order valence-electron chi connectivity index (χ2n) is 10.5. The summed E-state index contributed by atoms with van der Waals surface area (Å²) in [5.74, 6) is -1.58. The molecule has 0 spiro atoms. The van der Waals surface area contributed by atoms with Gasteiger partial charge in [-0.3, -0.25) is 9.59 Å². The molecular formula is C33H34N2O6. The van der Waals surface area contributed by atoms with Gasteiger partial charge < -0.3 is 25.6 Å². The third kappa shape index (κ3) is 8.08. The number of rotatable bonds is 11. The van der Waals surface area contributed by atoms with Crippen LogP contribution in [0.5, 0.6) is 5.75 Å². The number of nitrogens with one attached hydrogen (secondary N) is 1. The summed E-state index contributed by atoms with van der Waals surface area (Å²) in [6.45, 7) is 3.74. The minimum Gasteiger partial charge on any atom is -0.511 e. The summed E-state index contributed by atoms with van der Waals surface area (Å²) >= 11 is 0. The van der Waals surface area contributed by atoms with Crippen LogP contribution in [0.3, 0.4) is 0 Å². The maximum Gasteiger partial charge on any atom is 0.405 e. The Labute approximate surface area is 239 Å². The third-order valence-corrected chi connectivity index (χ3v) is 6.73. The minimum atomic E-state index is -1.07. The van der Waals surface area contributed by atoms with E-state index in [9.17, 15) is 19.5 Å². The number of aliphatic hydroxyl groups excluding tert-OH is 1. The zero-order valence-electron chi connectivity index (χ0n) is 23.1. The maximum absolute atomic E-state index is 13.2. The van der Waals surface area contributed by atoms with E-state index in [0.717, 1.165) is 16.7 Å². The zero-order chi connectivity index (χ0) is 29.4. The number of amides is 2. The molecule has 0 aromatic heterocycles. The lowest BCUT2D eigenvalue weighted by atomic mass is 9.85. The van der Waals surface area contributed by atoms with Crippen molar-refractivity contribution < 1.29 is 29.0 Å². The van der Waals surface area contributed by atoms with Crippen LogP contribution in [0.15, 0.2) is 102 Å². The normalized spacial score (nSPS) is 17.3. The van der Waals surface area contributed by atoms with E-state index in [4.69, 9.17) is 15.2 Å². The molecule has 0 aliphatic carbocycles. The molecule has 8 nitrogen and oxygen atoms in total. The van der Waals surface area contributed by atoms with E-state index >= 15 is 0 Å². The Morgan fingerprint density at radius 3 is 2.24 bits per heavy atom. The van der Waals surface area contributed by atoms with Crippen molar-refractivity contribution in [1.82, 2.24) is 5.32 Å².